The molecule has 27 heavy (non-hydrogen) atoms. The fraction of sp³-hybridized carbons (Fsp3) is 0.667. The van der Waals surface area contributed by atoms with Crippen LogP contribution >= 0.6 is 0 Å². The number of hydrogen-bond donors (Lipinski definition) is 4. The standard InChI is InChI=1S/C18H30N4O5/c1-18(2)17(23)16(21-7-5-9-26-8-4-6-20-3)12-10-13(19)14(22(24)25)11-15(12)27-18/h10-11,16-17,20-21,23H,4-9,19H2,1-3H3. The van der Waals surface area contributed by atoms with Gasteiger partial charge in [0.25, 0.3) is 5.69 Å². The van der Waals surface area contributed by atoms with Crippen LogP contribution < -0.4 is 21.1 Å². The molecule has 0 spiro atoms. The molecule has 152 valence electrons. The summed E-state index contributed by atoms with van der Waals surface area (Å²) in [6.45, 7) is 6.38. The van der Waals surface area contributed by atoms with E-state index in [-0.39, 0.29) is 11.4 Å². The summed E-state index contributed by atoms with van der Waals surface area (Å²) in [4.78, 5) is 10.6. The zero-order valence-corrected chi connectivity index (χ0v) is 16.2. The third-order valence-corrected chi connectivity index (χ3v) is 4.64. The number of nitro groups is 1. The molecule has 9 heteroatoms. The maximum atomic E-state index is 11.1. The number of nitrogens with one attached hydrogen (secondary N) is 2. The van der Waals surface area contributed by atoms with Crippen molar-refractivity contribution in [2.24, 2.45) is 0 Å². The van der Waals surface area contributed by atoms with Gasteiger partial charge >= 0.3 is 0 Å². The highest BCUT2D eigenvalue weighted by atomic mass is 16.6. The molecular formula is C18H30N4O5. The number of fused-ring (bicyclic) bond motifs is 1. The van der Waals surface area contributed by atoms with Crippen molar-refractivity contribution in [3.05, 3.63) is 27.8 Å². The normalized spacial score (nSPS) is 20.7. The fourth-order valence-electron chi connectivity index (χ4n) is 3.11. The van der Waals surface area contributed by atoms with Gasteiger partial charge in [0.1, 0.15) is 23.1 Å². The van der Waals surface area contributed by atoms with E-state index in [1.807, 2.05) is 7.05 Å². The summed E-state index contributed by atoms with van der Waals surface area (Å²) in [6, 6.07) is 2.41. The highest BCUT2D eigenvalue weighted by Crippen LogP contribution is 2.43. The van der Waals surface area contributed by atoms with Gasteiger partial charge in [0.2, 0.25) is 0 Å². The van der Waals surface area contributed by atoms with Gasteiger partial charge in [0.05, 0.1) is 17.0 Å². The number of nitrogens with zero attached hydrogens (tertiary/aromatic N) is 1. The first kappa shape index (κ1) is 21.4. The summed E-state index contributed by atoms with van der Waals surface area (Å²) in [7, 11) is 1.91. The molecule has 1 aliphatic rings. The summed E-state index contributed by atoms with van der Waals surface area (Å²) in [5, 5.41) is 28.2. The number of anilines is 1. The molecule has 9 nitrogen and oxygen atoms in total. The predicted molar refractivity (Wildman–Crippen MR) is 103 cm³/mol. The van der Waals surface area contributed by atoms with Gasteiger partial charge < -0.3 is 30.9 Å². The van der Waals surface area contributed by atoms with Crippen LogP contribution in [0.5, 0.6) is 5.75 Å². The van der Waals surface area contributed by atoms with Gasteiger partial charge in [-0.1, -0.05) is 0 Å². The van der Waals surface area contributed by atoms with Gasteiger partial charge in [-0.05, 0) is 52.9 Å². The SMILES string of the molecule is CNCCCOCCCNC1c2cc(N)c([N+](=O)[O-])cc2OC(C)(C)C1O. The molecule has 0 bridgehead atoms. The number of ether oxygens (including phenoxy) is 2. The van der Waals surface area contributed by atoms with Crippen molar-refractivity contribution in [1.29, 1.82) is 0 Å². The Hall–Kier alpha value is -1.94. The summed E-state index contributed by atoms with van der Waals surface area (Å²) >= 11 is 0. The highest BCUT2D eigenvalue weighted by molar-refractivity contribution is 5.65. The van der Waals surface area contributed by atoms with Crippen molar-refractivity contribution in [3.8, 4) is 5.75 Å². The second-order valence-corrected chi connectivity index (χ2v) is 7.21. The van der Waals surface area contributed by atoms with Gasteiger partial charge in [-0.25, -0.2) is 0 Å². The third-order valence-electron chi connectivity index (χ3n) is 4.64. The van der Waals surface area contributed by atoms with Crippen LogP contribution in [0.4, 0.5) is 11.4 Å². The Morgan fingerprint density at radius 2 is 2.00 bits per heavy atom. The largest absolute Gasteiger partial charge is 0.484 e. The highest BCUT2D eigenvalue weighted by Gasteiger charge is 2.43. The van der Waals surface area contributed by atoms with Crippen molar-refractivity contribution >= 4 is 11.4 Å². The molecule has 1 heterocycles. The van der Waals surface area contributed by atoms with Crippen molar-refractivity contribution in [2.75, 3.05) is 39.1 Å². The lowest BCUT2D eigenvalue weighted by Crippen LogP contribution is -2.52. The number of nitrogen functional groups attached to an aromatic ring is 1. The Kier molecular flexibility index (Phi) is 7.37. The Morgan fingerprint density at radius 3 is 2.63 bits per heavy atom. The first-order valence-corrected chi connectivity index (χ1v) is 9.18. The van der Waals surface area contributed by atoms with Crippen LogP contribution in [0, 0.1) is 10.1 Å². The van der Waals surface area contributed by atoms with Crippen molar-refractivity contribution < 1.29 is 19.5 Å². The molecule has 5 N–H and O–H groups in total. The molecule has 0 aromatic heterocycles. The Morgan fingerprint density at radius 1 is 1.33 bits per heavy atom. The molecule has 1 aromatic carbocycles. The van der Waals surface area contributed by atoms with Crippen molar-refractivity contribution in [2.45, 2.75) is 44.4 Å². The average Bonchev–Trinajstić information content (AvgIpc) is 2.60. The summed E-state index contributed by atoms with van der Waals surface area (Å²) in [5.41, 5.74) is 5.41. The maximum Gasteiger partial charge on any atom is 0.295 e. The van der Waals surface area contributed by atoms with Crippen LogP contribution in [0.15, 0.2) is 12.1 Å². The lowest BCUT2D eigenvalue weighted by atomic mass is 9.86. The molecule has 0 saturated heterocycles. The van der Waals surface area contributed by atoms with E-state index in [4.69, 9.17) is 15.2 Å². The third kappa shape index (κ3) is 5.29. The molecule has 0 fully saturated rings. The van der Waals surface area contributed by atoms with Crippen LogP contribution in [0.3, 0.4) is 0 Å². The van der Waals surface area contributed by atoms with E-state index in [1.165, 1.54) is 12.1 Å². The monoisotopic (exact) mass is 382 g/mol. The number of nitrogens with two attached hydrogens (primary N) is 1. The van der Waals surface area contributed by atoms with Gasteiger partial charge in [-0.15, -0.1) is 0 Å². The summed E-state index contributed by atoms with van der Waals surface area (Å²) in [5.74, 6) is 0.368. The molecule has 0 amide bonds. The molecule has 0 radical (unpaired) electrons. The number of hydrogen-bond acceptors (Lipinski definition) is 8. The van der Waals surface area contributed by atoms with Crippen molar-refractivity contribution in [3.63, 3.8) is 0 Å². The zero-order chi connectivity index (χ0) is 20.0. The Bertz CT molecular complexity index is 653. The van der Waals surface area contributed by atoms with Crippen LogP contribution in [0.25, 0.3) is 0 Å². The maximum absolute atomic E-state index is 11.1. The first-order chi connectivity index (χ1) is 12.8. The number of benzene rings is 1. The van der Waals surface area contributed by atoms with Crippen molar-refractivity contribution in [1.82, 2.24) is 10.6 Å². The molecule has 1 aliphatic heterocycles. The van der Waals surface area contributed by atoms with Crippen LogP contribution in [-0.2, 0) is 4.74 Å². The van der Waals surface area contributed by atoms with Crippen LogP contribution in [-0.4, -0.2) is 55.1 Å². The number of aliphatic hydroxyl groups excluding tert-OH is 1. The topological polar surface area (TPSA) is 132 Å². The molecular weight excluding hydrogens is 352 g/mol. The minimum atomic E-state index is -0.891. The van der Waals surface area contributed by atoms with E-state index in [1.54, 1.807) is 13.8 Å². The van der Waals surface area contributed by atoms with E-state index in [2.05, 4.69) is 10.6 Å². The fourth-order valence-corrected chi connectivity index (χ4v) is 3.11. The van der Waals surface area contributed by atoms with Gasteiger partial charge in [0.15, 0.2) is 0 Å². The number of nitro benzene ring substituents is 1. The minimum Gasteiger partial charge on any atom is -0.484 e. The molecule has 2 rings (SSSR count). The van der Waals surface area contributed by atoms with Crippen LogP contribution in [0.1, 0.15) is 38.3 Å². The van der Waals surface area contributed by atoms with E-state index in [0.717, 1.165) is 19.4 Å². The second-order valence-electron chi connectivity index (χ2n) is 7.21. The minimum absolute atomic E-state index is 0.0499. The quantitative estimate of drug-likeness (QED) is 0.206. The lowest BCUT2D eigenvalue weighted by Gasteiger charge is -2.42. The Labute approximate surface area is 159 Å². The van der Waals surface area contributed by atoms with Gasteiger partial charge in [-0.2, -0.15) is 0 Å². The molecule has 2 atom stereocenters. The number of aliphatic hydroxyl groups is 1. The molecule has 0 aliphatic carbocycles. The van der Waals surface area contributed by atoms with E-state index in [9.17, 15) is 15.2 Å². The molecule has 1 aromatic rings. The van der Waals surface area contributed by atoms with E-state index < -0.39 is 22.7 Å². The zero-order valence-electron chi connectivity index (χ0n) is 16.2. The first-order valence-electron chi connectivity index (χ1n) is 9.18. The summed E-state index contributed by atoms with van der Waals surface area (Å²) < 4.78 is 11.4. The number of rotatable bonds is 10. The average molecular weight is 382 g/mol. The van der Waals surface area contributed by atoms with Crippen LogP contribution in [0.2, 0.25) is 0 Å². The van der Waals surface area contributed by atoms with Gasteiger partial charge in [0, 0.05) is 18.8 Å². The molecule has 0 saturated carbocycles. The Balaban J connectivity index is 2.03. The predicted octanol–water partition coefficient (Wildman–Crippen LogP) is 1.36. The second kappa shape index (κ2) is 9.32. The van der Waals surface area contributed by atoms with E-state index >= 15 is 0 Å². The molecule has 2 unspecified atom stereocenters. The van der Waals surface area contributed by atoms with E-state index in [0.29, 0.717) is 31.1 Å². The lowest BCUT2D eigenvalue weighted by molar-refractivity contribution is -0.384. The van der Waals surface area contributed by atoms with Gasteiger partial charge in [-0.3, -0.25) is 10.1 Å². The summed E-state index contributed by atoms with van der Waals surface area (Å²) in [6.07, 6.45) is 0.909. The smallest absolute Gasteiger partial charge is 0.295 e.